The summed E-state index contributed by atoms with van der Waals surface area (Å²) in [5.74, 6) is -6.19. The van der Waals surface area contributed by atoms with Crippen LogP contribution in [-0.4, -0.2) is 16.8 Å². The quantitative estimate of drug-likeness (QED) is 0.519. The molecule has 144 valence electrons. The summed E-state index contributed by atoms with van der Waals surface area (Å²) in [6.07, 6.45) is 1.57. The second-order valence-corrected chi connectivity index (χ2v) is 6.64. The molecule has 0 saturated carbocycles. The second-order valence-electron chi connectivity index (χ2n) is 6.64. The van der Waals surface area contributed by atoms with Gasteiger partial charge in [0, 0.05) is 11.6 Å². The van der Waals surface area contributed by atoms with Crippen LogP contribution in [0.5, 0.6) is 0 Å². The van der Waals surface area contributed by atoms with Crippen molar-refractivity contribution in [1.29, 1.82) is 0 Å². The number of nitrogens with zero attached hydrogens (tertiary/aromatic N) is 1. The number of aromatic nitrogens is 1. The minimum atomic E-state index is -1.71. The number of rotatable bonds is 4. The highest BCUT2D eigenvalue weighted by molar-refractivity contribution is 6.15. The van der Waals surface area contributed by atoms with Crippen molar-refractivity contribution in [3.05, 3.63) is 66.1 Å². The Labute approximate surface area is 158 Å². The number of fused-ring (bicyclic) bond motifs is 1. The van der Waals surface area contributed by atoms with Crippen LogP contribution in [-0.2, 0) is 9.59 Å². The largest absolute Gasteiger partial charge is 0.323 e. The van der Waals surface area contributed by atoms with E-state index in [9.17, 15) is 22.8 Å². The summed E-state index contributed by atoms with van der Waals surface area (Å²) in [7, 11) is 0. The van der Waals surface area contributed by atoms with Crippen LogP contribution in [0.15, 0.2) is 48.7 Å². The van der Waals surface area contributed by atoms with Crippen molar-refractivity contribution in [3.63, 3.8) is 0 Å². The zero-order valence-electron chi connectivity index (χ0n) is 15.0. The summed E-state index contributed by atoms with van der Waals surface area (Å²) in [6, 6.07) is 10.3. The standard InChI is InChI=1S/C20H16F3N3O2/c1-20(2,18(27)25-13-9-8-12(21)15(22)16(13)23)19(28)26-14-7-3-5-11-6-4-10-24-17(11)14/h3-10H,1-2H3,(H,25,27)(H,26,28). The Morgan fingerprint density at radius 2 is 1.50 bits per heavy atom. The SMILES string of the molecule is CC(C)(C(=O)Nc1ccc(F)c(F)c1F)C(=O)Nc1cccc2cccnc12. The molecule has 0 spiro atoms. The molecule has 0 bridgehead atoms. The Kier molecular flexibility index (Phi) is 5.04. The summed E-state index contributed by atoms with van der Waals surface area (Å²) in [6.45, 7) is 2.65. The highest BCUT2D eigenvalue weighted by Crippen LogP contribution is 2.26. The molecule has 0 atom stereocenters. The molecule has 0 aliphatic rings. The molecule has 5 nitrogen and oxygen atoms in total. The predicted octanol–water partition coefficient (Wildman–Crippen LogP) is 4.26. The summed E-state index contributed by atoms with van der Waals surface area (Å²) in [5, 5.41) is 5.56. The molecule has 3 aromatic rings. The zero-order chi connectivity index (χ0) is 20.5. The van der Waals surface area contributed by atoms with Crippen LogP contribution < -0.4 is 10.6 Å². The second kappa shape index (κ2) is 7.30. The van der Waals surface area contributed by atoms with Crippen molar-refractivity contribution >= 4 is 34.1 Å². The Hall–Kier alpha value is -3.42. The van der Waals surface area contributed by atoms with Crippen LogP contribution in [0, 0.1) is 22.9 Å². The lowest BCUT2D eigenvalue weighted by Gasteiger charge is -2.23. The molecular weight excluding hydrogens is 371 g/mol. The Morgan fingerprint density at radius 1 is 0.857 bits per heavy atom. The first-order valence-corrected chi connectivity index (χ1v) is 8.32. The van der Waals surface area contributed by atoms with Gasteiger partial charge in [-0.2, -0.15) is 0 Å². The lowest BCUT2D eigenvalue weighted by Crippen LogP contribution is -2.41. The van der Waals surface area contributed by atoms with E-state index in [1.54, 1.807) is 24.4 Å². The molecule has 0 saturated heterocycles. The number of benzene rings is 2. The van der Waals surface area contributed by atoms with Gasteiger partial charge in [0.2, 0.25) is 11.8 Å². The van der Waals surface area contributed by atoms with Gasteiger partial charge in [-0.3, -0.25) is 14.6 Å². The highest BCUT2D eigenvalue weighted by atomic mass is 19.2. The van der Waals surface area contributed by atoms with Gasteiger partial charge in [0.05, 0.1) is 16.9 Å². The number of carbonyl (C=O) groups excluding carboxylic acids is 2. The fraction of sp³-hybridized carbons (Fsp3) is 0.150. The topological polar surface area (TPSA) is 71.1 Å². The van der Waals surface area contributed by atoms with E-state index in [2.05, 4.69) is 15.6 Å². The van der Waals surface area contributed by atoms with Crippen molar-refractivity contribution in [2.75, 3.05) is 10.6 Å². The first-order chi connectivity index (χ1) is 13.2. The monoisotopic (exact) mass is 387 g/mol. The number of nitrogens with one attached hydrogen (secondary N) is 2. The average Bonchev–Trinajstić information content (AvgIpc) is 2.68. The molecule has 0 unspecified atom stereocenters. The van der Waals surface area contributed by atoms with Crippen molar-refractivity contribution in [3.8, 4) is 0 Å². The number of amides is 2. The van der Waals surface area contributed by atoms with Crippen LogP contribution in [0.1, 0.15) is 13.8 Å². The van der Waals surface area contributed by atoms with Crippen LogP contribution >= 0.6 is 0 Å². The molecule has 2 N–H and O–H groups in total. The molecule has 3 rings (SSSR count). The van der Waals surface area contributed by atoms with Gasteiger partial charge in [-0.1, -0.05) is 18.2 Å². The van der Waals surface area contributed by atoms with Gasteiger partial charge in [-0.25, -0.2) is 13.2 Å². The fourth-order valence-electron chi connectivity index (χ4n) is 2.49. The van der Waals surface area contributed by atoms with E-state index < -0.39 is 40.4 Å². The fourth-order valence-corrected chi connectivity index (χ4v) is 2.49. The summed E-state index contributed by atoms with van der Waals surface area (Å²) >= 11 is 0. The van der Waals surface area contributed by atoms with Gasteiger partial charge >= 0.3 is 0 Å². The van der Waals surface area contributed by atoms with E-state index in [1.807, 2.05) is 12.1 Å². The first-order valence-electron chi connectivity index (χ1n) is 8.32. The number of halogens is 3. The van der Waals surface area contributed by atoms with Gasteiger partial charge in [0.1, 0.15) is 5.41 Å². The lowest BCUT2D eigenvalue weighted by molar-refractivity contribution is -0.135. The van der Waals surface area contributed by atoms with Gasteiger partial charge in [-0.15, -0.1) is 0 Å². The highest BCUT2D eigenvalue weighted by Gasteiger charge is 2.37. The van der Waals surface area contributed by atoms with E-state index in [1.165, 1.54) is 13.8 Å². The third kappa shape index (κ3) is 3.53. The molecule has 0 fully saturated rings. The third-order valence-electron chi connectivity index (χ3n) is 4.30. The van der Waals surface area contributed by atoms with Gasteiger partial charge < -0.3 is 10.6 Å². The van der Waals surface area contributed by atoms with E-state index in [-0.39, 0.29) is 0 Å². The van der Waals surface area contributed by atoms with Crippen molar-refractivity contribution in [2.24, 2.45) is 5.41 Å². The molecule has 28 heavy (non-hydrogen) atoms. The molecule has 8 heteroatoms. The van der Waals surface area contributed by atoms with E-state index in [0.29, 0.717) is 17.3 Å². The van der Waals surface area contributed by atoms with Crippen LogP contribution in [0.3, 0.4) is 0 Å². The van der Waals surface area contributed by atoms with Crippen molar-refractivity contribution in [2.45, 2.75) is 13.8 Å². The summed E-state index contributed by atoms with van der Waals surface area (Å²) < 4.78 is 40.2. The van der Waals surface area contributed by atoms with E-state index >= 15 is 0 Å². The number of anilines is 2. The number of hydrogen-bond donors (Lipinski definition) is 2. The molecule has 0 aliphatic carbocycles. The third-order valence-corrected chi connectivity index (χ3v) is 4.30. The lowest BCUT2D eigenvalue weighted by atomic mass is 9.90. The Bertz CT molecular complexity index is 1080. The minimum absolute atomic E-state index is 0.406. The minimum Gasteiger partial charge on any atom is -0.323 e. The van der Waals surface area contributed by atoms with E-state index in [0.717, 1.165) is 11.5 Å². The maximum atomic E-state index is 13.8. The molecule has 2 amide bonds. The molecule has 1 aromatic heterocycles. The predicted molar refractivity (Wildman–Crippen MR) is 99.1 cm³/mol. The molecule has 1 heterocycles. The summed E-state index contributed by atoms with van der Waals surface area (Å²) in [4.78, 5) is 29.4. The van der Waals surface area contributed by atoms with Crippen LogP contribution in [0.2, 0.25) is 0 Å². The normalized spacial score (nSPS) is 11.3. The van der Waals surface area contributed by atoms with Crippen LogP contribution in [0.4, 0.5) is 24.5 Å². The Morgan fingerprint density at radius 3 is 2.21 bits per heavy atom. The number of para-hydroxylation sites is 1. The van der Waals surface area contributed by atoms with E-state index in [4.69, 9.17) is 0 Å². The molecule has 0 aliphatic heterocycles. The van der Waals surface area contributed by atoms with Crippen molar-refractivity contribution < 1.29 is 22.8 Å². The first kappa shape index (κ1) is 19.3. The average molecular weight is 387 g/mol. The maximum Gasteiger partial charge on any atom is 0.239 e. The molecule has 0 radical (unpaired) electrons. The van der Waals surface area contributed by atoms with Crippen molar-refractivity contribution in [1.82, 2.24) is 4.98 Å². The van der Waals surface area contributed by atoms with Gasteiger partial charge in [0.15, 0.2) is 17.5 Å². The van der Waals surface area contributed by atoms with Gasteiger partial charge in [0.25, 0.3) is 0 Å². The van der Waals surface area contributed by atoms with Gasteiger partial charge in [-0.05, 0) is 38.1 Å². The Balaban J connectivity index is 1.82. The zero-order valence-corrected chi connectivity index (χ0v) is 15.0. The number of pyridine rings is 1. The molecular formula is C20H16F3N3O2. The number of carbonyl (C=O) groups is 2. The smallest absolute Gasteiger partial charge is 0.239 e. The summed E-state index contributed by atoms with van der Waals surface area (Å²) in [5.41, 5.74) is -1.25. The van der Waals surface area contributed by atoms with Crippen LogP contribution in [0.25, 0.3) is 10.9 Å². The maximum absolute atomic E-state index is 13.8. The molecule has 2 aromatic carbocycles. The number of hydrogen-bond acceptors (Lipinski definition) is 3.